The number of rotatable bonds is 9. The van der Waals surface area contributed by atoms with E-state index in [9.17, 15) is 4.79 Å². The Morgan fingerprint density at radius 1 is 1.15 bits per heavy atom. The van der Waals surface area contributed by atoms with Gasteiger partial charge in [0, 0.05) is 25.2 Å². The Morgan fingerprint density at radius 2 is 1.85 bits per heavy atom. The largest absolute Gasteiger partial charge is 0.326 e. The van der Waals surface area contributed by atoms with Crippen LogP contribution < -0.4 is 10.6 Å². The van der Waals surface area contributed by atoms with E-state index < -0.39 is 0 Å². The van der Waals surface area contributed by atoms with Crippen LogP contribution in [0.2, 0.25) is 0 Å². The first-order chi connectivity index (χ1) is 9.71. The fourth-order valence-electron chi connectivity index (χ4n) is 2.06. The molecule has 0 radical (unpaired) electrons. The van der Waals surface area contributed by atoms with Crippen molar-refractivity contribution in [1.29, 1.82) is 0 Å². The molecule has 112 valence electrons. The molecule has 0 aliphatic rings. The van der Waals surface area contributed by atoms with Crippen LogP contribution in [0.3, 0.4) is 0 Å². The molecule has 2 N–H and O–H groups in total. The van der Waals surface area contributed by atoms with Crippen molar-refractivity contribution in [2.45, 2.75) is 33.7 Å². The standard InChI is InChI=1S/C16H27N3O/c1-4-17-12-11-16(20)18-15-10-8-7-9-14(15)13-19(5-2)6-3/h7-10,17H,4-6,11-13H2,1-3H3,(H,18,20). The van der Waals surface area contributed by atoms with Crippen LogP contribution in [0.25, 0.3) is 0 Å². The van der Waals surface area contributed by atoms with E-state index in [4.69, 9.17) is 0 Å². The molecule has 0 fully saturated rings. The van der Waals surface area contributed by atoms with Crippen molar-refractivity contribution in [3.8, 4) is 0 Å². The van der Waals surface area contributed by atoms with Crippen molar-refractivity contribution in [2.24, 2.45) is 0 Å². The highest BCUT2D eigenvalue weighted by Gasteiger charge is 2.08. The predicted octanol–water partition coefficient (Wildman–Crippen LogP) is 2.47. The highest BCUT2D eigenvalue weighted by atomic mass is 16.1. The van der Waals surface area contributed by atoms with Gasteiger partial charge in [0.1, 0.15) is 0 Å². The normalized spacial score (nSPS) is 10.8. The van der Waals surface area contributed by atoms with Crippen LogP contribution in [0.1, 0.15) is 32.8 Å². The number of nitrogens with one attached hydrogen (secondary N) is 2. The fraction of sp³-hybridized carbons (Fsp3) is 0.562. The lowest BCUT2D eigenvalue weighted by molar-refractivity contribution is -0.116. The number of amides is 1. The molecule has 1 amide bonds. The Bertz CT molecular complexity index is 402. The van der Waals surface area contributed by atoms with Gasteiger partial charge in [0.25, 0.3) is 0 Å². The van der Waals surface area contributed by atoms with Gasteiger partial charge in [0.2, 0.25) is 5.91 Å². The Morgan fingerprint density at radius 3 is 2.50 bits per heavy atom. The zero-order valence-electron chi connectivity index (χ0n) is 12.9. The van der Waals surface area contributed by atoms with Crippen molar-refractivity contribution in [3.63, 3.8) is 0 Å². The minimum Gasteiger partial charge on any atom is -0.326 e. The number of benzene rings is 1. The summed E-state index contributed by atoms with van der Waals surface area (Å²) in [7, 11) is 0. The summed E-state index contributed by atoms with van der Waals surface area (Å²) in [6, 6.07) is 8.04. The Hall–Kier alpha value is -1.39. The van der Waals surface area contributed by atoms with Gasteiger partial charge in [-0.1, -0.05) is 39.0 Å². The number of nitrogens with zero attached hydrogens (tertiary/aromatic N) is 1. The third-order valence-corrected chi connectivity index (χ3v) is 3.36. The number of carbonyl (C=O) groups excluding carboxylic acids is 1. The van der Waals surface area contributed by atoms with Crippen molar-refractivity contribution < 1.29 is 4.79 Å². The second-order valence-corrected chi connectivity index (χ2v) is 4.77. The van der Waals surface area contributed by atoms with Gasteiger partial charge >= 0.3 is 0 Å². The van der Waals surface area contributed by atoms with Crippen LogP contribution in [0.15, 0.2) is 24.3 Å². The molecule has 1 aromatic carbocycles. The lowest BCUT2D eigenvalue weighted by Gasteiger charge is -2.20. The van der Waals surface area contributed by atoms with E-state index in [2.05, 4.69) is 35.4 Å². The second-order valence-electron chi connectivity index (χ2n) is 4.77. The molecule has 0 heterocycles. The average molecular weight is 277 g/mol. The van der Waals surface area contributed by atoms with E-state index >= 15 is 0 Å². The Labute approximate surface area is 122 Å². The van der Waals surface area contributed by atoms with Crippen LogP contribution in [-0.4, -0.2) is 37.0 Å². The van der Waals surface area contributed by atoms with E-state index in [0.717, 1.165) is 38.4 Å². The maximum atomic E-state index is 11.9. The van der Waals surface area contributed by atoms with Crippen LogP contribution in [0.4, 0.5) is 5.69 Å². The number of para-hydroxylation sites is 1. The fourth-order valence-corrected chi connectivity index (χ4v) is 2.06. The monoisotopic (exact) mass is 277 g/mol. The molecule has 4 nitrogen and oxygen atoms in total. The Kier molecular flexibility index (Phi) is 7.92. The van der Waals surface area contributed by atoms with Gasteiger partial charge in [-0.2, -0.15) is 0 Å². The lowest BCUT2D eigenvalue weighted by atomic mass is 10.1. The van der Waals surface area contributed by atoms with Gasteiger partial charge in [0.15, 0.2) is 0 Å². The van der Waals surface area contributed by atoms with Crippen molar-refractivity contribution in [1.82, 2.24) is 10.2 Å². The first kappa shape index (κ1) is 16.7. The maximum absolute atomic E-state index is 11.9. The van der Waals surface area contributed by atoms with E-state index in [1.54, 1.807) is 0 Å². The summed E-state index contributed by atoms with van der Waals surface area (Å²) in [5, 5.41) is 6.18. The SMILES string of the molecule is CCNCCC(=O)Nc1ccccc1CN(CC)CC. The molecule has 0 aromatic heterocycles. The molecular formula is C16H27N3O. The van der Waals surface area contributed by atoms with E-state index in [0.29, 0.717) is 6.42 Å². The molecule has 0 spiro atoms. The molecule has 0 bridgehead atoms. The molecular weight excluding hydrogens is 250 g/mol. The topological polar surface area (TPSA) is 44.4 Å². The zero-order chi connectivity index (χ0) is 14.8. The molecule has 4 heteroatoms. The maximum Gasteiger partial charge on any atom is 0.225 e. The van der Waals surface area contributed by atoms with Gasteiger partial charge in [-0.15, -0.1) is 0 Å². The summed E-state index contributed by atoms with van der Waals surface area (Å²) in [5.74, 6) is 0.0675. The highest BCUT2D eigenvalue weighted by molar-refractivity contribution is 5.91. The van der Waals surface area contributed by atoms with Gasteiger partial charge < -0.3 is 10.6 Å². The van der Waals surface area contributed by atoms with Crippen LogP contribution in [-0.2, 0) is 11.3 Å². The first-order valence-electron chi connectivity index (χ1n) is 7.52. The zero-order valence-corrected chi connectivity index (χ0v) is 12.9. The van der Waals surface area contributed by atoms with Gasteiger partial charge in [-0.05, 0) is 31.3 Å². The molecule has 0 saturated carbocycles. The molecule has 0 atom stereocenters. The summed E-state index contributed by atoms with van der Waals surface area (Å²) >= 11 is 0. The first-order valence-corrected chi connectivity index (χ1v) is 7.52. The third-order valence-electron chi connectivity index (χ3n) is 3.36. The number of hydrogen-bond acceptors (Lipinski definition) is 3. The van der Waals surface area contributed by atoms with E-state index in [1.165, 1.54) is 5.56 Å². The number of anilines is 1. The number of hydrogen-bond donors (Lipinski definition) is 2. The van der Waals surface area contributed by atoms with Crippen molar-refractivity contribution in [3.05, 3.63) is 29.8 Å². The summed E-state index contributed by atoms with van der Waals surface area (Å²) in [6.07, 6.45) is 0.507. The Balaban J connectivity index is 2.62. The molecule has 0 unspecified atom stereocenters. The molecule has 1 rings (SSSR count). The van der Waals surface area contributed by atoms with Crippen LogP contribution in [0.5, 0.6) is 0 Å². The lowest BCUT2D eigenvalue weighted by Crippen LogP contribution is -2.24. The van der Waals surface area contributed by atoms with Crippen molar-refractivity contribution in [2.75, 3.05) is 31.5 Å². The van der Waals surface area contributed by atoms with E-state index in [-0.39, 0.29) is 5.91 Å². The summed E-state index contributed by atoms with van der Waals surface area (Å²) in [4.78, 5) is 14.2. The molecule has 1 aromatic rings. The van der Waals surface area contributed by atoms with E-state index in [1.807, 2.05) is 25.1 Å². The van der Waals surface area contributed by atoms with Gasteiger partial charge in [0.05, 0.1) is 0 Å². The minimum atomic E-state index is 0.0675. The summed E-state index contributed by atoms with van der Waals surface area (Å²) in [6.45, 7) is 10.9. The van der Waals surface area contributed by atoms with Crippen LogP contribution in [0, 0.1) is 0 Å². The minimum absolute atomic E-state index is 0.0675. The highest BCUT2D eigenvalue weighted by Crippen LogP contribution is 2.17. The van der Waals surface area contributed by atoms with Gasteiger partial charge in [-0.3, -0.25) is 9.69 Å². The van der Waals surface area contributed by atoms with Crippen molar-refractivity contribution >= 4 is 11.6 Å². The molecule has 0 saturated heterocycles. The number of carbonyl (C=O) groups is 1. The average Bonchev–Trinajstić information content (AvgIpc) is 2.46. The second kappa shape index (κ2) is 9.50. The quantitative estimate of drug-likeness (QED) is 0.682. The smallest absolute Gasteiger partial charge is 0.225 e. The summed E-state index contributed by atoms with van der Waals surface area (Å²) in [5.41, 5.74) is 2.11. The summed E-state index contributed by atoms with van der Waals surface area (Å²) < 4.78 is 0. The molecule has 0 aliphatic carbocycles. The molecule has 0 aliphatic heterocycles. The van der Waals surface area contributed by atoms with Crippen LogP contribution >= 0.6 is 0 Å². The molecule has 20 heavy (non-hydrogen) atoms. The predicted molar refractivity (Wildman–Crippen MR) is 84.9 cm³/mol. The third kappa shape index (κ3) is 5.72. The van der Waals surface area contributed by atoms with Gasteiger partial charge in [-0.25, -0.2) is 0 Å².